The Bertz CT molecular complexity index is 130. The average molecular weight is 186 g/mol. The first-order valence-corrected chi connectivity index (χ1v) is 5.17. The lowest BCUT2D eigenvalue weighted by atomic mass is 9.84. The second kappa shape index (κ2) is 6.93. The van der Waals surface area contributed by atoms with Crippen molar-refractivity contribution >= 4 is 6.47 Å². The van der Waals surface area contributed by atoms with Gasteiger partial charge in [-0.05, 0) is 18.3 Å². The summed E-state index contributed by atoms with van der Waals surface area (Å²) < 4.78 is 4.70. The first kappa shape index (κ1) is 12.5. The molecule has 78 valence electrons. The molecule has 2 nitrogen and oxygen atoms in total. The quantitative estimate of drug-likeness (QED) is 0.430. The van der Waals surface area contributed by atoms with Gasteiger partial charge < -0.3 is 4.74 Å². The molecule has 0 aliphatic rings. The number of hydrogen-bond donors (Lipinski definition) is 0. The van der Waals surface area contributed by atoms with E-state index in [1.165, 1.54) is 25.7 Å². The zero-order chi connectivity index (χ0) is 10.2. The van der Waals surface area contributed by atoms with Gasteiger partial charge in [-0.1, -0.05) is 40.0 Å². The molecular formula is C11H22O2. The molecule has 0 saturated heterocycles. The van der Waals surface area contributed by atoms with Gasteiger partial charge in [-0.3, -0.25) is 4.79 Å². The molecule has 0 aliphatic carbocycles. The standard InChI is InChI=1S/C11H22O2/c1-4-5-6-7-11(2,3)8-9-13-10-12/h10H,4-9H2,1-3H3. The van der Waals surface area contributed by atoms with Crippen molar-refractivity contribution in [2.24, 2.45) is 5.41 Å². The smallest absolute Gasteiger partial charge is 0.293 e. The molecule has 2 heteroatoms. The fourth-order valence-electron chi connectivity index (χ4n) is 1.36. The van der Waals surface area contributed by atoms with Crippen molar-refractivity contribution in [1.29, 1.82) is 0 Å². The summed E-state index contributed by atoms with van der Waals surface area (Å²) >= 11 is 0. The van der Waals surface area contributed by atoms with E-state index in [1.807, 2.05) is 0 Å². The van der Waals surface area contributed by atoms with Gasteiger partial charge >= 0.3 is 0 Å². The molecule has 0 atom stereocenters. The molecule has 0 radical (unpaired) electrons. The van der Waals surface area contributed by atoms with E-state index in [2.05, 4.69) is 20.8 Å². The minimum atomic E-state index is 0.318. The summed E-state index contributed by atoms with van der Waals surface area (Å²) in [5, 5.41) is 0. The Morgan fingerprint density at radius 3 is 2.46 bits per heavy atom. The number of carbonyl (C=O) groups excluding carboxylic acids is 1. The summed E-state index contributed by atoms with van der Waals surface area (Å²) in [7, 11) is 0. The minimum absolute atomic E-state index is 0.318. The maximum Gasteiger partial charge on any atom is 0.293 e. The molecule has 0 aromatic rings. The van der Waals surface area contributed by atoms with Crippen LogP contribution in [-0.4, -0.2) is 13.1 Å². The van der Waals surface area contributed by atoms with Crippen molar-refractivity contribution in [2.45, 2.75) is 52.9 Å². The Labute approximate surface area is 81.7 Å². The monoisotopic (exact) mass is 186 g/mol. The van der Waals surface area contributed by atoms with E-state index in [9.17, 15) is 4.79 Å². The van der Waals surface area contributed by atoms with Crippen molar-refractivity contribution in [3.63, 3.8) is 0 Å². The van der Waals surface area contributed by atoms with E-state index >= 15 is 0 Å². The number of rotatable bonds is 8. The van der Waals surface area contributed by atoms with Crippen LogP contribution in [0.2, 0.25) is 0 Å². The highest BCUT2D eigenvalue weighted by atomic mass is 16.5. The molecule has 0 rings (SSSR count). The molecule has 0 aromatic carbocycles. The van der Waals surface area contributed by atoms with Gasteiger partial charge in [0.2, 0.25) is 0 Å². The third-order valence-electron chi connectivity index (χ3n) is 2.42. The van der Waals surface area contributed by atoms with Crippen LogP contribution in [0, 0.1) is 5.41 Å². The van der Waals surface area contributed by atoms with Crippen LogP contribution in [0.1, 0.15) is 52.9 Å². The van der Waals surface area contributed by atoms with Gasteiger partial charge in [0.15, 0.2) is 0 Å². The second-order valence-electron chi connectivity index (χ2n) is 4.34. The highest BCUT2D eigenvalue weighted by molar-refractivity contribution is 5.36. The molecule has 0 heterocycles. The van der Waals surface area contributed by atoms with Crippen molar-refractivity contribution in [3.8, 4) is 0 Å². The molecule has 0 unspecified atom stereocenters. The topological polar surface area (TPSA) is 26.3 Å². The maximum absolute atomic E-state index is 9.93. The van der Waals surface area contributed by atoms with Crippen LogP contribution >= 0.6 is 0 Å². The SMILES string of the molecule is CCCCCC(C)(C)CCOC=O. The largest absolute Gasteiger partial charge is 0.468 e. The van der Waals surface area contributed by atoms with E-state index in [4.69, 9.17) is 4.74 Å². The Morgan fingerprint density at radius 2 is 1.92 bits per heavy atom. The highest BCUT2D eigenvalue weighted by Gasteiger charge is 2.16. The van der Waals surface area contributed by atoms with E-state index in [0.29, 0.717) is 18.5 Å². The van der Waals surface area contributed by atoms with Crippen molar-refractivity contribution in [2.75, 3.05) is 6.61 Å². The van der Waals surface area contributed by atoms with Gasteiger partial charge in [0.1, 0.15) is 0 Å². The number of ether oxygens (including phenoxy) is 1. The number of unbranched alkanes of at least 4 members (excludes halogenated alkanes) is 2. The normalized spacial score (nSPS) is 11.3. The molecule has 0 amide bonds. The molecule has 0 saturated carbocycles. The Kier molecular flexibility index (Phi) is 6.65. The van der Waals surface area contributed by atoms with Crippen molar-refractivity contribution in [3.05, 3.63) is 0 Å². The molecule has 13 heavy (non-hydrogen) atoms. The van der Waals surface area contributed by atoms with E-state index in [0.717, 1.165) is 6.42 Å². The minimum Gasteiger partial charge on any atom is -0.468 e. The first-order chi connectivity index (χ1) is 6.12. The molecular weight excluding hydrogens is 164 g/mol. The zero-order valence-corrected chi connectivity index (χ0v) is 9.14. The summed E-state index contributed by atoms with van der Waals surface area (Å²) in [5.74, 6) is 0. The number of hydrogen-bond acceptors (Lipinski definition) is 2. The summed E-state index contributed by atoms with van der Waals surface area (Å²) in [6, 6.07) is 0. The van der Waals surface area contributed by atoms with Crippen molar-refractivity contribution in [1.82, 2.24) is 0 Å². The lowest BCUT2D eigenvalue weighted by Gasteiger charge is -2.23. The Morgan fingerprint density at radius 1 is 1.23 bits per heavy atom. The molecule has 0 aromatic heterocycles. The first-order valence-electron chi connectivity index (χ1n) is 5.17. The third kappa shape index (κ3) is 7.82. The van der Waals surface area contributed by atoms with Gasteiger partial charge in [0.05, 0.1) is 6.61 Å². The summed E-state index contributed by atoms with van der Waals surface area (Å²) in [6.45, 7) is 7.76. The highest BCUT2D eigenvalue weighted by Crippen LogP contribution is 2.27. The van der Waals surface area contributed by atoms with Crippen LogP contribution in [0.25, 0.3) is 0 Å². The van der Waals surface area contributed by atoms with E-state index < -0.39 is 0 Å². The lowest BCUT2D eigenvalue weighted by molar-refractivity contribution is -0.129. The fraction of sp³-hybridized carbons (Fsp3) is 0.909. The second-order valence-corrected chi connectivity index (χ2v) is 4.34. The van der Waals surface area contributed by atoms with Gasteiger partial charge in [-0.15, -0.1) is 0 Å². The molecule has 0 fully saturated rings. The van der Waals surface area contributed by atoms with Crippen LogP contribution in [0.4, 0.5) is 0 Å². The molecule has 0 aliphatic heterocycles. The molecule has 0 spiro atoms. The lowest BCUT2D eigenvalue weighted by Crippen LogP contribution is -2.14. The third-order valence-corrected chi connectivity index (χ3v) is 2.42. The van der Waals surface area contributed by atoms with Gasteiger partial charge in [-0.2, -0.15) is 0 Å². The maximum atomic E-state index is 9.93. The zero-order valence-electron chi connectivity index (χ0n) is 9.14. The predicted molar refractivity (Wildman–Crippen MR) is 54.6 cm³/mol. The summed E-state index contributed by atoms with van der Waals surface area (Å²) in [6.07, 6.45) is 6.04. The van der Waals surface area contributed by atoms with Crippen molar-refractivity contribution < 1.29 is 9.53 Å². The van der Waals surface area contributed by atoms with Crippen LogP contribution < -0.4 is 0 Å². The molecule has 0 bridgehead atoms. The van der Waals surface area contributed by atoms with Crippen LogP contribution in [0.15, 0.2) is 0 Å². The van der Waals surface area contributed by atoms with Crippen LogP contribution in [0.3, 0.4) is 0 Å². The Balaban J connectivity index is 3.47. The van der Waals surface area contributed by atoms with Gasteiger partial charge in [0.25, 0.3) is 6.47 Å². The van der Waals surface area contributed by atoms with E-state index in [-0.39, 0.29) is 0 Å². The Hall–Kier alpha value is -0.530. The predicted octanol–water partition coefficient (Wildman–Crippen LogP) is 3.16. The van der Waals surface area contributed by atoms with Gasteiger partial charge in [-0.25, -0.2) is 0 Å². The number of carbonyl (C=O) groups is 1. The summed E-state index contributed by atoms with van der Waals surface area (Å²) in [5.41, 5.74) is 0.318. The average Bonchev–Trinajstić information content (AvgIpc) is 2.05. The fourth-order valence-corrected chi connectivity index (χ4v) is 1.36. The summed E-state index contributed by atoms with van der Waals surface area (Å²) in [4.78, 5) is 9.93. The molecule has 0 N–H and O–H groups in total. The van der Waals surface area contributed by atoms with Crippen LogP contribution in [0.5, 0.6) is 0 Å². The van der Waals surface area contributed by atoms with E-state index in [1.54, 1.807) is 0 Å². The van der Waals surface area contributed by atoms with Crippen LogP contribution in [-0.2, 0) is 9.53 Å². The van der Waals surface area contributed by atoms with Gasteiger partial charge in [0, 0.05) is 0 Å².